The first kappa shape index (κ1) is 24.8. The first-order valence-electron chi connectivity index (χ1n) is 11.1. The highest BCUT2D eigenvalue weighted by Crippen LogP contribution is 2.33. The Morgan fingerprint density at radius 3 is 2.43 bits per heavy atom. The minimum atomic E-state index is -4.61. The maximum atomic E-state index is 13.6. The Morgan fingerprint density at radius 2 is 1.89 bits per heavy atom. The van der Waals surface area contributed by atoms with Crippen molar-refractivity contribution in [2.75, 3.05) is 31.2 Å². The smallest absolute Gasteiger partial charge is 0.365 e. The zero-order chi connectivity index (χ0) is 25.4. The van der Waals surface area contributed by atoms with Crippen molar-refractivity contribution in [1.29, 1.82) is 0 Å². The van der Waals surface area contributed by atoms with Crippen molar-refractivity contribution in [3.05, 3.63) is 59.4 Å². The zero-order valence-corrected chi connectivity index (χ0v) is 18.8. The second kappa shape index (κ2) is 9.40. The summed E-state index contributed by atoms with van der Waals surface area (Å²) in [6.07, 6.45) is -3.62. The van der Waals surface area contributed by atoms with Crippen LogP contribution in [0.1, 0.15) is 31.0 Å². The van der Waals surface area contributed by atoms with Crippen LogP contribution < -0.4 is 15.5 Å². The molecule has 0 aliphatic carbocycles. The number of halogens is 5. The van der Waals surface area contributed by atoms with E-state index < -0.39 is 35.0 Å². The van der Waals surface area contributed by atoms with Gasteiger partial charge >= 0.3 is 6.18 Å². The van der Waals surface area contributed by atoms with Gasteiger partial charge in [0, 0.05) is 50.0 Å². The summed E-state index contributed by atoms with van der Waals surface area (Å²) in [7, 11) is 0. The van der Waals surface area contributed by atoms with Crippen LogP contribution in [0.4, 0.5) is 27.6 Å². The first-order chi connectivity index (χ1) is 16.5. The van der Waals surface area contributed by atoms with Crippen molar-refractivity contribution < 1.29 is 31.5 Å². The Kier molecular flexibility index (Phi) is 6.67. The number of hydrogen-bond acceptors (Lipinski definition) is 5. The van der Waals surface area contributed by atoms with E-state index in [2.05, 4.69) is 15.6 Å². The van der Waals surface area contributed by atoms with Crippen LogP contribution in [0.2, 0.25) is 0 Å². The van der Waals surface area contributed by atoms with Gasteiger partial charge in [-0.1, -0.05) is 6.07 Å². The van der Waals surface area contributed by atoms with Gasteiger partial charge < -0.3 is 15.1 Å². The molecule has 1 unspecified atom stereocenters. The summed E-state index contributed by atoms with van der Waals surface area (Å²) in [6.45, 7) is 2.93. The van der Waals surface area contributed by atoms with Gasteiger partial charge in [-0.3, -0.25) is 19.9 Å². The number of aromatic nitrogens is 1. The average molecular weight is 497 g/mol. The molecule has 12 heteroatoms. The molecule has 2 saturated heterocycles. The van der Waals surface area contributed by atoms with E-state index in [0.29, 0.717) is 25.3 Å². The molecule has 0 radical (unpaired) electrons. The Bertz CT molecular complexity index is 1090. The highest BCUT2D eigenvalue weighted by Gasteiger charge is 2.45. The van der Waals surface area contributed by atoms with E-state index in [1.54, 1.807) is 4.90 Å². The van der Waals surface area contributed by atoms with Crippen LogP contribution in [0.15, 0.2) is 36.5 Å². The van der Waals surface area contributed by atoms with Gasteiger partial charge in [0.15, 0.2) is 0 Å². The quantitative estimate of drug-likeness (QED) is 0.622. The van der Waals surface area contributed by atoms with E-state index in [1.807, 2.05) is 11.8 Å². The number of pyridine rings is 1. The molecule has 2 aliphatic rings. The highest BCUT2D eigenvalue weighted by atomic mass is 19.4. The molecule has 0 spiro atoms. The minimum Gasteiger partial charge on any atom is -0.365 e. The molecule has 4 rings (SSSR count). The van der Waals surface area contributed by atoms with Gasteiger partial charge in [-0.2, -0.15) is 13.2 Å². The number of amides is 2. The molecule has 2 aliphatic heterocycles. The maximum absolute atomic E-state index is 13.6. The van der Waals surface area contributed by atoms with Gasteiger partial charge in [0.1, 0.15) is 22.9 Å². The lowest BCUT2D eigenvalue weighted by molar-refractivity contribution is -0.141. The molecule has 1 aromatic carbocycles. The van der Waals surface area contributed by atoms with E-state index in [1.165, 1.54) is 18.2 Å². The molecule has 3 heterocycles. The van der Waals surface area contributed by atoms with Gasteiger partial charge in [0.25, 0.3) is 0 Å². The van der Waals surface area contributed by atoms with E-state index in [0.717, 1.165) is 18.3 Å². The fourth-order valence-corrected chi connectivity index (χ4v) is 4.63. The third kappa shape index (κ3) is 5.07. The molecule has 2 aromatic rings. The molecule has 1 aromatic heterocycles. The summed E-state index contributed by atoms with van der Waals surface area (Å²) in [5.41, 5.74) is -1.82. The molecular formula is C23H24F5N5O2. The summed E-state index contributed by atoms with van der Waals surface area (Å²) in [6, 6.07) is 5.06. The number of alkyl halides is 3. The molecule has 0 saturated carbocycles. The molecule has 2 fully saturated rings. The average Bonchev–Trinajstić information content (AvgIpc) is 3.17. The van der Waals surface area contributed by atoms with Crippen LogP contribution in [-0.2, 0) is 21.3 Å². The fraction of sp³-hybridized carbons (Fsp3) is 0.435. The number of nitrogens with one attached hydrogen (secondary N) is 2. The Labute approximate surface area is 198 Å². The van der Waals surface area contributed by atoms with Gasteiger partial charge in [0.2, 0.25) is 11.8 Å². The van der Waals surface area contributed by atoms with Gasteiger partial charge in [-0.15, -0.1) is 0 Å². The maximum Gasteiger partial charge on any atom is 0.433 e. The second-order valence-corrected chi connectivity index (χ2v) is 8.70. The molecule has 7 nitrogen and oxygen atoms in total. The van der Waals surface area contributed by atoms with Gasteiger partial charge in [-0.05, 0) is 37.1 Å². The molecule has 2 amide bonds. The van der Waals surface area contributed by atoms with Crippen LogP contribution in [0.5, 0.6) is 0 Å². The summed E-state index contributed by atoms with van der Waals surface area (Å²) in [5, 5.41) is 5.57. The van der Waals surface area contributed by atoms with E-state index >= 15 is 0 Å². The lowest BCUT2D eigenvalue weighted by Gasteiger charge is -2.41. The van der Waals surface area contributed by atoms with E-state index in [-0.39, 0.29) is 37.0 Å². The minimum absolute atomic E-state index is 0.0222. The lowest BCUT2D eigenvalue weighted by atomic mass is 9.86. The van der Waals surface area contributed by atoms with E-state index in [9.17, 15) is 31.5 Å². The SMILES string of the molecule is C[C@H]1CN(C(=O)CCC2(c3ccc(C(F)(F)F)nc3)NCNC2=O)CCN1c1cc(F)cc(F)c1. The monoisotopic (exact) mass is 497 g/mol. The zero-order valence-electron chi connectivity index (χ0n) is 18.8. The molecule has 188 valence electrons. The number of anilines is 1. The summed E-state index contributed by atoms with van der Waals surface area (Å²) in [5.74, 6) is -2.05. The highest BCUT2D eigenvalue weighted by molar-refractivity contribution is 5.90. The van der Waals surface area contributed by atoms with Crippen LogP contribution >= 0.6 is 0 Å². The first-order valence-corrected chi connectivity index (χ1v) is 11.1. The van der Waals surface area contributed by atoms with Crippen molar-refractivity contribution in [3.8, 4) is 0 Å². The van der Waals surface area contributed by atoms with E-state index in [4.69, 9.17) is 0 Å². The number of hydrogen-bond donors (Lipinski definition) is 2. The third-order valence-electron chi connectivity index (χ3n) is 6.45. The summed E-state index contributed by atoms with van der Waals surface area (Å²) < 4.78 is 65.9. The Morgan fingerprint density at radius 1 is 1.17 bits per heavy atom. The molecule has 2 N–H and O–H groups in total. The van der Waals surface area contributed by atoms with Crippen LogP contribution in [0.3, 0.4) is 0 Å². The van der Waals surface area contributed by atoms with Crippen molar-refractivity contribution in [3.63, 3.8) is 0 Å². The largest absolute Gasteiger partial charge is 0.433 e. The number of piperazine rings is 1. The molecule has 35 heavy (non-hydrogen) atoms. The topological polar surface area (TPSA) is 77.6 Å². The van der Waals surface area contributed by atoms with Gasteiger partial charge in [0.05, 0.1) is 6.67 Å². The van der Waals surface area contributed by atoms with Crippen LogP contribution in [-0.4, -0.2) is 54.0 Å². The Balaban J connectivity index is 1.43. The fourth-order valence-electron chi connectivity index (χ4n) is 4.63. The molecule has 2 atom stereocenters. The number of rotatable bonds is 5. The molecule has 0 bridgehead atoms. The van der Waals surface area contributed by atoms with Gasteiger partial charge in [-0.25, -0.2) is 8.78 Å². The normalized spacial score (nSPS) is 22.9. The predicted molar refractivity (Wildman–Crippen MR) is 116 cm³/mol. The number of benzene rings is 1. The van der Waals surface area contributed by atoms with Crippen LogP contribution in [0.25, 0.3) is 0 Å². The number of carbonyl (C=O) groups excluding carboxylic acids is 2. The van der Waals surface area contributed by atoms with Crippen molar-refractivity contribution >= 4 is 17.5 Å². The lowest BCUT2D eigenvalue weighted by Crippen LogP contribution is -2.54. The second-order valence-electron chi connectivity index (χ2n) is 8.70. The molecular weight excluding hydrogens is 473 g/mol. The van der Waals surface area contributed by atoms with Crippen molar-refractivity contribution in [1.82, 2.24) is 20.5 Å². The number of carbonyl (C=O) groups is 2. The van der Waals surface area contributed by atoms with Crippen molar-refractivity contribution in [2.45, 2.75) is 37.5 Å². The summed E-state index contributed by atoms with van der Waals surface area (Å²) in [4.78, 5) is 32.5. The standard InChI is InChI=1S/C23H24F5N5O2/c1-14-12-32(6-7-33(14)18-9-16(24)8-17(25)10-18)20(34)4-5-22(21(35)30-13-31-22)15-2-3-19(29-11-15)23(26,27)28/h2-3,8-11,14,31H,4-7,12-13H2,1H3,(H,30,35)/t14-,22?/m0/s1. The summed E-state index contributed by atoms with van der Waals surface area (Å²) >= 11 is 0. The predicted octanol–water partition coefficient (Wildman–Crippen LogP) is 2.77. The third-order valence-corrected chi connectivity index (χ3v) is 6.45. The number of nitrogens with zero attached hydrogens (tertiary/aromatic N) is 3. The Hall–Kier alpha value is -3.28. The van der Waals surface area contributed by atoms with Crippen LogP contribution in [0, 0.1) is 11.6 Å². The van der Waals surface area contributed by atoms with Crippen molar-refractivity contribution in [2.24, 2.45) is 0 Å².